The first-order valence-corrected chi connectivity index (χ1v) is 5.41. The molecule has 4 nitrogen and oxygen atoms in total. The first kappa shape index (κ1) is 12.0. The van der Waals surface area contributed by atoms with E-state index >= 15 is 0 Å². The molecule has 0 aromatic heterocycles. The van der Waals surface area contributed by atoms with Crippen LogP contribution < -0.4 is 0 Å². The summed E-state index contributed by atoms with van der Waals surface area (Å²) in [6, 6.07) is 0. The summed E-state index contributed by atoms with van der Waals surface area (Å²) < 4.78 is 9.67. The fourth-order valence-electron chi connectivity index (χ4n) is 1.51. The molecule has 0 saturated carbocycles. The summed E-state index contributed by atoms with van der Waals surface area (Å²) >= 11 is 0. The Morgan fingerprint density at radius 3 is 2.67 bits per heavy atom. The lowest BCUT2D eigenvalue weighted by Crippen LogP contribution is -2.24. The zero-order valence-corrected chi connectivity index (χ0v) is 9.28. The molecule has 0 bridgehead atoms. The summed E-state index contributed by atoms with van der Waals surface area (Å²) in [4.78, 5) is 13.3. The monoisotopic (exact) mass is 213 g/mol. The molecule has 0 aliphatic carbocycles. The van der Waals surface area contributed by atoms with Crippen LogP contribution in [0.3, 0.4) is 0 Å². The number of hydrogen-bond donors (Lipinski definition) is 0. The molecule has 1 saturated heterocycles. The first-order valence-electron chi connectivity index (χ1n) is 5.41. The number of hydrogen-bond acceptors (Lipinski definition) is 4. The smallest absolute Gasteiger partial charge is 0.332 e. The highest BCUT2D eigenvalue weighted by atomic mass is 16.6. The van der Waals surface area contributed by atoms with Crippen LogP contribution in [0.5, 0.6) is 0 Å². The minimum Gasteiger partial charge on any atom is -0.460 e. The van der Waals surface area contributed by atoms with Crippen molar-refractivity contribution in [3.8, 4) is 0 Å². The number of ether oxygens (including phenoxy) is 2. The third kappa shape index (κ3) is 5.42. The molecule has 0 aromatic rings. The van der Waals surface area contributed by atoms with Gasteiger partial charge in [0.15, 0.2) is 0 Å². The van der Waals surface area contributed by atoms with Gasteiger partial charge in [0.25, 0.3) is 0 Å². The van der Waals surface area contributed by atoms with E-state index in [1.807, 2.05) is 6.20 Å². The lowest BCUT2D eigenvalue weighted by atomic mass is 10.1. The number of carbonyl (C=O) groups excluding carboxylic acids is 1. The highest BCUT2D eigenvalue weighted by molar-refractivity contribution is 5.81. The maximum Gasteiger partial charge on any atom is 0.332 e. The van der Waals surface area contributed by atoms with Crippen molar-refractivity contribution in [1.82, 2.24) is 4.90 Å². The number of nitrogens with zero attached hydrogens (tertiary/aromatic N) is 1. The molecule has 15 heavy (non-hydrogen) atoms. The maximum absolute atomic E-state index is 11.2. The van der Waals surface area contributed by atoms with Gasteiger partial charge in [-0.15, -0.1) is 0 Å². The largest absolute Gasteiger partial charge is 0.460 e. The van der Waals surface area contributed by atoms with Crippen LogP contribution in [0.25, 0.3) is 0 Å². The predicted molar refractivity (Wildman–Crippen MR) is 57.4 cm³/mol. The van der Waals surface area contributed by atoms with Crippen LogP contribution in [0.2, 0.25) is 0 Å². The topological polar surface area (TPSA) is 38.8 Å². The zero-order valence-electron chi connectivity index (χ0n) is 9.28. The zero-order chi connectivity index (χ0) is 10.9. The van der Waals surface area contributed by atoms with E-state index in [-0.39, 0.29) is 5.97 Å². The molecular formula is C11H19NO3. The van der Waals surface area contributed by atoms with E-state index in [4.69, 9.17) is 9.47 Å². The molecule has 4 heteroatoms. The molecule has 1 rings (SSSR count). The van der Waals surface area contributed by atoms with Crippen molar-refractivity contribution in [2.75, 3.05) is 33.4 Å². The molecule has 0 amide bonds. The number of likely N-dealkylation sites (tertiary alicyclic amines) is 1. The summed E-state index contributed by atoms with van der Waals surface area (Å²) in [5.74, 6) is -0.294. The Hall–Kier alpha value is -1.03. The van der Waals surface area contributed by atoms with Gasteiger partial charge < -0.3 is 14.4 Å². The van der Waals surface area contributed by atoms with Crippen molar-refractivity contribution < 1.29 is 14.3 Å². The lowest BCUT2D eigenvalue weighted by Gasteiger charge is -2.24. The van der Waals surface area contributed by atoms with Crippen LogP contribution in [0.1, 0.15) is 19.3 Å². The van der Waals surface area contributed by atoms with Gasteiger partial charge in [-0.3, -0.25) is 0 Å². The second-order valence-corrected chi connectivity index (χ2v) is 3.57. The molecule has 0 atom stereocenters. The highest BCUT2D eigenvalue weighted by Gasteiger charge is 2.05. The minimum atomic E-state index is -0.294. The van der Waals surface area contributed by atoms with Crippen LogP contribution in [-0.2, 0) is 14.3 Å². The van der Waals surface area contributed by atoms with Gasteiger partial charge >= 0.3 is 5.97 Å². The molecule has 0 aromatic carbocycles. The average molecular weight is 213 g/mol. The summed E-state index contributed by atoms with van der Waals surface area (Å²) in [5, 5.41) is 0. The van der Waals surface area contributed by atoms with Gasteiger partial charge in [0.05, 0.1) is 6.61 Å². The highest BCUT2D eigenvalue weighted by Crippen LogP contribution is 2.08. The van der Waals surface area contributed by atoms with Crippen LogP contribution >= 0.6 is 0 Å². The van der Waals surface area contributed by atoms with Crippen molar-refractivity contribution in [2.45, 2.75) is 19.3 Å². The molecule has 1 fully saturated rings. The maximum atomic E-state index is 11.2. The van der Waals surface area contributed by atoms with E-state index in [2.05, 4.69) is 4.90 Å². The Labute approximate surface area is 90.8 Å². The molecule has 0 spiro atoms. The second kappa shape index (κ2) is 7.29. The van der Waals surface area contributed by atoms with Gasteiger partial charge in [-0.05, 0) is 19.3 Å². The number of methoxy groups -OCH3 is 1. The number of carbonyl (C=O) groups is 1. The second-order valence-electron chi connectivity index (χ2n) is 3.57. The van der Waals surface area contributed by atoms with E-state index < -0.39 is 0 Å². The summed E-state index contributed by atoms with van der Waals surface area (Å²) in [5.41, 5.74) is 0. The molecule has 1 aliphatic heterocycles. The molecule has 1 aliphatic rings. The fourth-order valence-corrected chi connectivity index (χ4v) is 1.51. The minimum absolute atomic E-state index is 0.294. The molecule has 86 valence electrons. The van der Waals surface area contributed by atoms with Gasteiger partial charge in [0, 0.05) is 32.5 Å². The molecule has 0 unspecified atom stereocenters. The van der Waals surface area contributed by atoms with Crippen molar-refractivity contribution in [2.24, 2.45) is 0 Å². The standard InChI is InChI=1S/C11H19NO3/c1-14-9-10-15-11(13)5-8-12-6-3-2-4-7-12/h5,8H,2-4,6-7,9-10H2,1H3/b8-5+. The lowest BCUT2D eigenvalue weighted by molar-refractivity contribution is -0.139. The van der Waals surface area contributed by atoms with Crippen molar-refractivity contribution >= 4 is 5.97 Å². The van der Waals surface area contributed by atoms with Gasteiger partial charge in [-0.25, -0.2) is 4.79 Å². The van der Waals surface area contributed by atoms with Gasteiger partial charge in [0.2, 0.25) is 0 Å². The third-order valence-corrected chi connectivity index (χ3v) is 2.34. The molecule has 1 heterocycles. The Morgan fingerprint density at radius 1 is 1.27 bits per heavy atom. The van der Waals surface area contributed by atoms with Crippen LogP contribution in [0.15, 0.2) is 12.3 Å². The fraction of sp³-hybridized carbons (Fsp3) is 0.727. The Balaban J connectivity index is 2.14. The average Bonchev–Trinajstić information content (AvgIpc) is 2.28. The van der Waals surface area contributed by atoms with E-state index in [1.165, 1.54) is 25.3 Å². The van der Waals surface area contributed by atoms with Crippen molar-refractivity contribution in [1.29, 1.82) is 0 Å². The Morgan fingerprint density at radius 2 is 2.00 bits per heavy atom. The van der Waals surface area contributed by atoms with E-state index in [9.17, 15) is 4.79 Å². The van der Waals surface area contributed by atoms with Crippen molar-refractivity contribution in [3.05, 3.63) is 12.3 Å². The van der Waals surface area contributed by atoms with Crippen molar-refractivity contribution in [3.63, 3.8) is 0 Å². The predicted octanol–water partition coefficient (Wildman–Crippen LogP) is 1.18. The summed E-state index contributed by atoms with van der Waals surface area (Å²) in [6.45, 7) is 2.85. The number of esters is 1. The van der Waals surface area contributed by atoms with Gasteiger partial charge in [0.1, 0.15) is 6.61 Å². The summed E-state index contributed by atoms with van der Waals surface area (Å²) in [6.07, 6.45) is 7.03. The SMILES string of the molecule is COCCOC(=O)/C=C/N1CCCCC1. The van der Waals surface area contributed by atoms with E-state index in [0.717, 1.165) is 13.1 Å². The number of rotatable bonds is 5. The summed E-state index contributed by atoms with van der Waals surface area (Å²) in [7, 11) is 1.58. The third-order valence-electron chi connectivity index (χ3n) is 2.34. The van der Waals surface area contributed by atoms with Gasteiger partial charge in [-0.1, -0.05) is 0 Å². The van der Waals surface area contributed by atoms with E-state index in [1.54, 1.807) is 7.11 Å². The van der Waals surface area contributed by atoms with Crippen LogP contribution in [0.4, 0.5) is 0 Å². The van der Waals surface area contributed by atoms with Gasteiger partial charge in [-0.2, -0.15) is 0 Å². The first-order chi connectivity index (χ1) is 7.33. The van der Waals surface area contributed by atoms with Crippen LogP contribution in [0, 0.1) is 0 Å². The van der Waals surface area contributed by atoms with E-state index in [0.29, 0.717) is 13.2 Å². The molecule has 0 N–H and O–H groups in total. The normalized spacial score (nSPS) is 17.0. The number of piperidine rings is 1. The molecule has 0 radical (unpaired) electrons. The Kier molecular flexibility index (Phi) is 5.85. The van der Waals surface area contributed by atoms with Crippen LogP contribution in [-0.4, -0.2) is 44.3 Å². The quantitative estimate of drug-likeness (QED) is 0.390. The Bertz CT molecular complexity index is 210. The molecular weight excluding hydrogens is 194 g/mol.